The molecule has 0 spiro atoms. The lowest BCUT2D eigenvalue weighted by Crippen LogP contribution is -2.12. The van der Waals surface area contributed by atoms with E-state index in [4.69, 9.17) is 9.52 Å². The number of aliphatic hydroxyl groups excluding tert-OH is 1. The highest BCUT2D eigenvalue weighted by molar-refractivity contribution is 5.01. The van der Waals surface area contributed by atoms with Crippen LogP contribution in [0.15, 0.2) is 10.7 Å². The minimum Gasteiger partial charge on any atom is -0.449 e. The zero-order chi connectivity index (χ0) is 8.97. The first-order chi connectivity index (χ1) is 5.77. The van der Waals surface area contributed by atoms with Gasteiger partial charge in [-0.3, -0.25) is 0 Å². The summed E-state index contributed by atoms with van der Waals surface area (Å²) in [6.45, 7) is 2.08. The molecular weight excluding hydrogens is 156 g/mol. The zero-order valence-corrected chi connectivity index (χ0v) is 7.37. The second kappa shape index (κ2) is 4.23. The Morgan fingerprint density at radius 2 is 2.50 bits per heavy atom. The third-order valence-electron chi connectivity index (χ3n) is 1.77. The van der Waals surface area contributed by atoms with E-state index < -0.39 is 0 Å². The van der Waals surface area contributed by atoms with Crippen LogP contribution in [-0.4, -0.2) is 23.7 Å². The first kappa shape index (κ1) is 9.22. The van der Waals surface area contributed by atoms with E-state index in [1.807, 2.05) is 14.0 Å². The molecule has 0 aliphatic rings. The number of aliphatic hydroxyl groups is 1. The van der Waals surface area contributed by atoms with Crippen molar-refractivity contribution in [3.63, 3.8) is 0 Å². The summed E-state index contributed by atoms with van der Waals surface area (Å²) >= 11 is 0. The van der Waals surface area contributed by atoms with Gasteiger partial charge in [0.1, 0.15) is 6.26 Å². The van der Waals surface area contributed by atoms with Gasteiger partial charge in [0.15, 0.2) is 5.89 Å². The van der Waals surface area contributed by atoms with Crippen LogP contribution in [0.2, 0.25) is 0 Å². The normalized spacial score (nSPS) is 13.2. The molecule has 12 heavy (non-hydrogen) atoms. The van der Waals surface area contributed by atoms with E-state index in [2.05, 4.69) is 10.3 Å². The molecule has 0 bridgehead atoms. The van der Waals surface area contributed by atoms with Gasteiger partial charge in [0.25, 0.3) is 0 Å². The van der Waals surface area contributed by atoms with Crippen LogP contribution in [0, 0.1) is 0 Å². The molecule has 0 aliphatic heterocycles. The van der Waals surface area contributed by atoms with Crippen LogP contribution in [0.3, 0.4) is 0 Å². The second-order valence-electron chi connectivity index (χ2n) is 2.65. The monoisotopic (exact) mass is 170 g/mol. The average molecular weight is 170 g/mol. The van der Waals surface area contributed by atoms with Crippen molar-refractivity contribution >= 4 is 0 Å². The molecule has 68 valence electrons. The Bertz CT molecular complexity index is 235. The van der Waals surface area contributed by atoms with Crippen LogP contribution in [0.25, 0.3) is 0 Å². The van der Waals surface area contributed by atoms with Gasteiger partial charge < -0.3 is 14.8 Å². The lowest BCUT2D eigenvalue weighted by molar-refractivity contribution is 0.285. The molecule has 0 aromatic carbocycles. The fourth-order valence-corrected chi connectivity index (χ4v) is 0.882. The Balaban J connectivity index is 2.63. The Morgan fingerprint density at radius 3 is 3.08 bits per heavy atom. The maximum atomic E-state index is 8.61. The number of nitrogens with zero attached hydrogens (tertiary/aromatic N) is 1. The smallest absolute Gasteiger partial charge is 0.196 e. The van der Waals surface area contributed by atoms with E-state index in [1.165, 1.54) is 0 Å². The van der Waals surface area contributed by atoms with E-state index in [9.17, 15) is 0 Å². The van der Waals surface area contributed by atoms with Crippen molar-refractivity contribution in [1.82, 2.24) is 10.3 Å². The number of nitrogens with one attached hydrogen (secondary N) is 1. The van der Waals surface area contributed by atoms with E-state index in [1.54, 1.807) is 6.26 Å². The molecule has 0 aliphatic carbocycles. The quantitative estimate of drug-likeness (QED) is 0.690. The van der Waals surface area contributed by atoms with Gasteiger partial charge >= 0.3 is 0 Å². The third-order valence-corrected chi connectivity index (χ3v) is 1.77. The number of hydrogen-bond acceptors (Lipinski definition) is 4. The van der Waals surface area contributed by atoms with Gasteiger partial charge in [-0.2, -0.15) is 0 Å². The molecule has 1 atom stereocenters. The first-order valence-electron chi connectivity index (χ1n) is 4.00. The zero-order valence-electron chi connectivity index (χ0n) is 7.37. The van der Waals surface area contributed by atoms with Crippen LogP contribution in [0.4, 0.5) is 0 Å². The predicted octanol–water partition coefficient (Wildman–Crippen LogP) is 0.490. The molecule has 4 heteroatoms. The van der Waals surface area contributed by atoms with Crippen molar-refractivity contribution in [3.8, 4) is 0 Å². The first-order valence-corrected chi connectivity index (χ1v) is 4.00. The van der Waals surface area contributed by atoms with Crippen molar-refractivity contribution in [2.45, 2.75) is 19.4 Å². The summed E-state index contributed by atoms with van der Waals surface area (Å²) in [4.78, 5) is 4.18. The lowest BCUT2D eigenvalue weighted by atomic mass is 10.3. The van der Waals surface area contributed by atoms with E-state index >= 15 is 0 Å². The van der Waals surface area contributed by atoms with Crippen LogP contribution in [0.5, 0.6) is 0 Å². The molecular formula is C8H14N2O2. The second-order valence-corrected chi connectivity index (χ2v) is 2.65. The van der Waals surface area contributed by atoms with E-state index in [0.29, 0.717) is 12.3 Å². The molecule has 2 N–H and O–H groups in total. The summed E-state index contributed by atoms with van der Waals surface area (Å²) in [5, 5.41) is 11.7. The van der Waals surface area contributed by atoms with Gasteiger partial charge in [-0.15, -0.1) is 0 Å². The van der Waals surface area contributed by atoms with Gasteiger partial charge in [0.2, 0.25) is 0 Å². The molecule has 1 aromatic heterocycles. The third kappa shape index (κ3) is 2.06. The van der Waals surface area contributed by atoms with Crippen molar-refractivity contribution in [2.75, 3.05) is 13.7 Å². The fourth-order valence-electron chi connectivity index (χ4n) is 0.882. The number of rotatable bonds is 4. The molecule has 0 saturated carbocycles. The van der Waals surface area contributed by atoms with Crippen LogP contribution in [-0.2, 0) is 6.42 Å². The van der Waals surface area contributed by atoms with Gasteiger partial charge in [0.05, 0.1) is 12.3 Å². The molecule has 0 saturated heterocycles. The molecule has 1 heterocycles. The molecule has 0 fully saturated rings. The van der Waals surface area contributed by atoms with Gasteiger partial charge in [0, 0.05) is 12.5 Å². The molecule has 0 amide bonds. The summed E-state index contributed by atoms with van der Waals surface area (Å²) in [6.07, 6.45) is 2.10. The van der Waals surface area contributed by atoms with Crippen molar-refractivity contribution in [2.24, 2.45) is 0 Å². The maximum Gasteiger partial charge on any atom is 0.196 e. The minimum atomic E-state index is 0.0773. The van der Waals surface area contributed by atoms with E-state index in [-0.39, 0.29) is 12.6 Å². The van der Waals surface area contributed by atoms with Gasteiger partial charge in [-0.05, 0) is 14.0 Å². The Morgan fingerprint density at radius 1 is 1.75 bits per heavy atom. The van der Waals surface area contributed by atoms with Gasteiger partial charge in [-0.1, -0.05) is 0 Å². The summed E-state index contributed by atoms with van der Waals surface area (Å²) in [5.74, 6) is 0.592. The van der Waals surface area contributed by atoms with Gasteiger partial charge in [-0.25, -0.2) is 4.98 Å². The summed E-state index contributed by atoms with van der Waals surface area (Å²) < 4.78 is 5.12. The van der Waals surface area contributed by atoms with Crippen molar-refractivity contribution in [3.05, 3.63) is 17.8 Å². The standard InChI is InChI=1S/C8H14N2O2/c1-6(9-2)7-5-12-8(10-7)3-4-11/h5-6,9,11H,3-4H2,1-2H3. The topological polar surface area (TPSA) is 58.3 Å². The summed E-state index contributed by atoms with van der Waals surface area (Å²) in [7, 11) is 1.87. The van der Waals surface area contributed by atoms with Crippen LogP contribution >= 0.6 is 0 Å². The molecule has 0 radical (unpaired) electrons. The molecule has 4 nitrogen and oxygen atoms in total. The molecule has 1 aromatic rings. The highest BCUT2D eigenvalue weighted by Gasteiger charge is 2.08. The number of hydrogen-bond donors (Lipinski definition) is 2. The Kier molecular flexibility index (Phi) is 3.25. The largest absolute Gasteiger partial charge is 0.449 e. The lowest BCUT2D eigenvalue weighted by Gasteiger charge is -2.03. The average Bonchev–Trinajstić information content (AvgIpc) is 2.52. The minimum absolute atomic E-state index is 0.0773. The highest BCUT2D eigenvalue weighted by Crippen LogP contribution is 2.10. The number of aromatic nitrogens is 1. The predicted molar refractivity (Wildman–Crippen MR) is 44.8 cm³/mol. The van der Waals surface area contributed by atoms with Crippen LogP contribution < -0.4 is 5.32 Å². The Hall–Kier alpha value is -0.870. The molecule has 1 rings (SSSR count). The van der Waals surface area contributed by atoms with Crippen LogP contribution in [0.1, 0.15) is 24.6 Å². The maximum absolute atomic E-state index is 8.61. The van der Waals surface area contributed by atoms with Crippen molar-refractivity contribution < 1.29 is 9.52 Å². The highest BCUT2D eigenvalue weighted by atomic mass is 16.3. The fraction of sp³-hybridized carbons (Fsp3) is 0.625. The molecule has 1 unspecified atom stereocenters. The number of oxazole rings is 1. The summed E-state index contributed by atoms with van der Waals surface area (Å²) in [6, 6.07) is 0.196. The Labute approximate surface area is 71.6 Å². The summed E-state index contributed by atoms with van der Waals surface area (Å²) in [5.41, 5.74) is 0.876. The van der Waals surface area contributed by atoms with Crippen molar-refractivity contribution in [1.29, 1.82) is 0 Å². The van der Waals surface area contributed by atoms with E-state index in [0.717, 1.165) is 5.69 Å². The SMILES string of the molecule is CNC(C)c1coc(CCO)n1.